The minimum absolute atomic E-state index is 0.175. The van der Waals surface area contributed by atoms with Crippen LogP contribution in [0.4, 0.5) is 10.5 Å². The molecule has 2 amide bonds. The van der Waals surface area contributed by atoms with E-state index in [2.05, 4.69) is 5.32 Å². The molecular formula is C23H22N2O3. The van der Waals surface area contributed by atoms with Crippen molar-refractivity contribution >= 4 is 28.5 Å². The summed E-state index contributed by atoms with van der Waals surface area (Å²) in [4.78, 5) is 26.9. The van der Waals surface area contributed by atoms with E-state index < -0.39 is 12.1 Å². The molecule has 1 N–H and O–H groups in total. The molecular weight excluding hydrogens is 352 g/mol. The summed E-state index contributed by atoms with van der Waals surface area (Å²) in [5, 5.41) is 5.04. The first-order chi connectivity index (χ1) is 13.7. The van der Waals surface area contributed by atoms with E-state index >= 15 is 0 Å². The molecule has 4 rings (SSSR count). The van der Waals surface area contributed by atoms with E-state index in [-0.39, 0.29) is 12.5 Å². The Balaban J connectivity index is 1.43. The number of benzene rings is 3. The third-order valence-electron chi connectivity index (χ3n) is 5.04. The molecule has 1 unspecified atom stereocenters. The monoisotopic (exact) mass is 374 g/mol. The number of likely N-dealkylation sites (tertiary alicyclic amines) is 1. The average molecular weight is 374 g/mol. The minimum Gasteiger partial charge on any atom is -0.445 e. The van der Waals surface area contributed by atoms with Crippen LogP contribution >= 0.6 is 0 Å². The first-order valence-electron chi connectivity index (χ1n) is 9.48. The number of anilines is 1. The summed E-state index contributed by atoms with van der Waals surface area (Å²) in [6.45, 7) is 0.731. The molecule has 1 heterocycles. The van der Waals surface area contributed by atoms with Crippen molar-refractivity contribution in [2.24, 2.45) is 0 Å². The highest BCUT2D eigenvalue weighted by Gasteiger charge is 2.35. The van der Waals surface area contributed by atoms with Crippen molar-refractivity contribution in [3.05, 3.63) is 78.4 Å². The SMILES string of the molecule is O=C(Nc1cccc2ccccc12)C1CCCN1C(=O)OCc1ccccc1. The Morgan fingerprint density at radius 1 is 0.964 bits per heavy atom. The summed E-state index contributed by atoms with van der Waals surface area (Å²) >= 11 is 0. The topological polar surface area (TPSA) is 58.6 Å². The van der Waals surface area contributed by atoms with Gasteiger partial charge >= 0.3 is 6.09 Å². The Kier molecular flexibility index (Phi) is 5.24. The number of carbonyl (C=O) groups is 2. The van der Waals surface area contributed by atoms with Gasteiger partial charge in [-0.1, -0.05) is 66.7 Å². The van der Waals surface area contributed by atoms with E-state index in [0.29, 0.717) is 13.0 Å². The normalized spacial score (nSPS) is 16.1. The maximum Gasteiger partial charge on any atom is 0.410 e. The lowest BCUT2D eigenvalue weighted by atomic mass is 10.1. The Morgan fingerprint density at radius 2 is 1.71 bits per heavy atom. The first-order valence-corrected chi connectivity index (χ1v) is 9.48. The molecule has 0 bridgehead atoms. The molecule has 0 radical (unpaired) electrons. The maximum absolute atomic E-state index is 12.9. The second-order valence-electron chi connectivity index (χ2n) is 6.91. The van der Waals surface area contributed by atoms with Gasteiger partial charge in [0.2, 0.25) is 5.91 Å². The van der Waals surface area contributed by atoms with Gasteiger partial charge in [0.1, 0.15) is 12.6 Å². The minimum atomic E-state index is -0.512. The Hall–Kier alpha value is -3.34. The van der Waals surface area contributed by atoms with Crippen LogP contribution in [0.25, 0.3) is 10.8 Å². The van der Waals surface area contributed by atoms with Crippen LogP contribution in [0.2, 0.25) is 0 Å². The van der Waals surface area contributed by atoms with Crippen molar-refractivity contribution in [1.29, 1.82) is 0 Å². The summed E-state index contributed by atoms with van der Waals surface area (Å²) in [7, 11) is 0. The molecule has 1 saturated heterocycles. The molecule has 1 aliphatic rings. The highest BCUT2D eigenvalue weighted by Crippen LogP contribution is 2.25. The van der Waals surface area contributed by atoms with Crippen molar-refractivity contribution in [2.75, 3.05) is 11.9 Å². The van der Waals surface area contributed by atoms with Gasteiger partial charge in [-0.25, -0.2) is 4.79 Å². The number of ether oxygens (including phenoxy) is 1. The highest BCUT2D eigenvalue weighted by atomic mass is 16.6. The predicted molar refractivity (Wildman–Crippen MR) is 109 cm³/mol. The van der Waals surface area contributed by atoms with Gasteiger partial charge in [0, 0.05) is 17.6 Å². The van der Waals surface area contributed by atoms with Crippen molar-refractivity contribution < 1.29 is 14.3 Å². The molecule has 0 aromatic heterocycles. The standard InChI is InChI=1S/C23H22N2O3/c26-22(24-20-13-6-11-18-10-4-5-12-19(18)20)21-14-7-15-25(21)23(27)28-16-17-8-2-1-3-9-17/h1-6,8-13,21H,7,14-16H2,(H,24,26). The maximum atomic E-state index is 12.9. The number of hydrogen-bond donors (Lipinski definition) is 1. The van der Waals surface area contributed by atoms with Crippen LogP contribution in [0.15, 0.2) is 72.8 Å². The van der Waals surface area contributed by atoms with Crippen LogP contribution < -0.4 is 5.32 Å². The fourth-order valence-electron chi connectivity index (χ4n) is 3.61. The molecule has 3 aromatic rings. The molecule has 142 valence electrons. The summed E-state index contributed by atoms with van der Waals surface area (Å²) in [5.41, 5.74) is 1.68. The van der Waals surface area contributed by atoms with Gasteiger partial charge in [-0.3, -0.25) is 9.69 Å². The second-order valence-corrected chi connectivity index (χ2v) is 6.91. The van der Waals surface area contributed by atoms with Crippen molar-refractivity contribution in [1.82, 2.24) is 4.90 Å². The van der Waals surface area contributed by atoms with E-state index in [1.54, 1.807) is 0 Å². The third kappa shape index (κ3) is 3.83. The highest BCUT2D eigenvalue weighted by molar-refractivity contribution is 6.04. The first kappa shape index (κ1) is 18.0. The number of amides is 2. The van der Waals surface area contributed by atoms with Gasteiger partial charge in [0.05, 0.1) is 0 Å². The van der Waals surface area contributed by atoms with Gasteiger partial charge in [0.15, 0.2) is 0 Å². The van der Waals surface area contributed by atoms with Crippen LogP contribution in [0.5, 0.6) is 0 Å². The molecule has 1 fully saturated rings. The van der Waals surface area contributed by atoms with Crippen molar-refractivity contribution in [2.45, 2.75) is 25.5 Å². The Bertz CT molecular complexity index is 982. The lowest BCUT2D eigenvalue weighted by molar-refractivity contribution is -0.120. The zero-order chi connectivity index (χ0) is 19.3. The van der Waals surface area contributed by atoms with Gasteiger partial charge in [-0.15, -0.1) is 0 Å². The molecule has 5 heteroatoms. The van der Waals surface area contributed by atoms with Crippen LogP contribution in [0.1, 0.15) is 18.4 Å². The molecule has 1 aliphatic heterocycles. The summed E-state index contributed by atoms with van der Waals surface area (Å²) in [6, 6.07) is 22.7. The second kappa shape index (κ2) is 8.13. The van der Waals surface area contributed by atoms with Gasteiger partial charge < -0.3 is 10.1 Å². The predicted octanol–water partition coefficient (Wildman–Crippen LogP) is 4.58. The smallest absolute Gasteiger partial charge is 0.410 e. The number of hydrogen-bond acceptors (Lipinski definition) is 3. The van der Waals surface area contributed by atoms with Crippen LogP contribution in [-0.2, 0) is 16.1 Å². The van der Waals surface area contributed by atoms with Gasteiger partial charge in [-0.05, 0) is 29.9 Å². The summed E-state index contributed by atoms with van der Waals surface area (Å²) in [5.74, 6) is -0.175. The van der Waals surface area contributed by atoms with E-state index in [1.807, 2.05) is 72.8 Å². The summed E-state index contributed by atoms with van der Waals surface area (Å²) < 4.78 is 5.42. The molecule has 1 atom stereocenters. The third-order valence-corrected chi connectivity index (χ3v) is 5.04. The zero-order valence-electron chi connectivity index (χ0n) is 15.5. The lowest BCUT2D eigenvalue weighted by Crippen LogP contribution is -2.43. The largest absolute Gasteiger partial charge is 0.445 e. The van der Waals surface area contributed by atoms with Crippen LogP contribution in [-0.4, -0.2) is 29.5 Å². The van der Waals surface area contributed by atoms with E-state index in [4.69, 9.17) is 4.74 Å². The molecule has 0 aliphatic carbocycles. The summed E-state index contributed by atoms with van der Waals surface area (Å²) in [6.07, 6.45) is 0.977. The number of fused-ring (bicyclic) bond motifs is 1. The Labute approximate surface area is 163 Å². The fraction of sp³-hybridized carbons (Fsp3) is 0.217. The zero-order valence-corrected chi connectivity index (χ0v) is 15.5. The van der Waals surface area contributed by atoms with Crippen LogP contribution in [0, 0.1) is 0 Å². The lowest BCUT2D eigenvalue weighted by Gasteiger charge is -2.23. The molecule has 0 saturated carbocycles. The van der Waals surface area contributed by atoms with E-state index in [9.17, 15) is 9.59 Å². The number of nitrogens with one attached hydrogen (secondary N) is 1. The van der Waals surface area contributed by atoms with Gasteiger partial charge in [0.25, 0.3) is 0 Å². The van der Waals surface area contributed by atoms with Crippen molar-refractivity contribution in [3.8, 4) is 0 Å². The molecule has 0 spiro atoms. The molecule has 5 nitrogen and oxygen atoms in total. The van der Waals surface area contributed by atoms with Crippen LogP contribution in [0.3, 0.4) is 0 Å². The number of carbonyl (C=O) groups excluding carboxylic acids is 2. The number of rotatable bonds is 4. The van der Waals surface area contributed by atoms with Crippen molar-refractivity contribution in [3.63, 3.8) is 0 Å². The Morgan fingerprint density at radius 3 is 2.57 bits per heavy atom. The van der Waals surface area contributed by atoms with Gasteiger partial charge in [-0.2, -0.15) is 0 Å². The fourth-order valence-corrected chi connectivity index (χ4v) is 3.61. The van der Waals surface area contributed by atoms with E-state index in [0.717, 1.165) is 28.4 Å². The molecule has 3 aromatic carbocycles. The molecule has 28 heavy (non-hydrogen) atoms. The van der Waals surface area contributed by atoms with E-state index in [1.165, 1.54) is 4.90 Å². The average Bonchev–Trinajstić information content (AvgIpc) is 3.23. The quantitative estimate of drug-likeness (QED) is 0.727. The number of nitrogens with zero attached hydrogens (tertiary/aromatic N) is 1.